The summed E-state index contributed by atoms with van der Waals surface area (Å²) in [6.45, 7) is 5.43. The molecule has 0 aromatic carbocycles. The fraction of sp³-hybridized carbons (Fsp3) is 0.312. The van der Waals surface area contributed by atoms with Gasteiger partial charge in [-0.2, -0.15) is 0 Å². The lowest BCUT2D eigenvalue weighted by Crippen LogP contribution is -2.22. The topological polar surface area (TPSA) is 102 Å². The Hall–Kier alpha value is -2.83. The van der Waals surface area contributed by atoms with Crippen LogP contribution in [0, 0.1) is 6.92 Å². The number of aryl methyl sites for hydroxylation is 1. The van der Waals surface area contributed by atoms with Gasteiger partial charge in [0.1, 0.15) is 17.1 Å². The van der Waals surface area contributed by atoms with Crippen LogP contribution in [0.15, 0.2) is 28.8 Å². The summed E-state index contributed by atoms with van der Waals surface area (Å²) in [5.74, 6) is -0.267. The van der Waals surface area contributed by atoms with Crippen LogP contribution in [-0.2, 0) is 6.54 Å². The third-order valence-electron chi connectivity index (χ3n) is 2.98. The highest BCUT2D eigenvalue weighted by Crippen LogP contribution is 2.15. The number of nitrogens with one attached hydrogen (secondary N) is 1. The van der Waals surface area contributed by atoms with E-state index in [-0.39, 0.29) is 24.1 Å². The Bertz CT molecular complexity index is 704. The second-order valence-corrected chi connectivity index (χ2v) is 5.22. The number of amides is 1. The minimum absolute atomic E-state index is 0.00722. The molecule has 2 N–H and O–H groups in total. The number of ether oxygens (including phenoxy) is 1. The first-order valence-corrected chi connectivity index (χ1v) is 7.10. The SMILES string of the molecule is Cc1oc(CNC(=O)c2ccc(OC(C)C)nc2)cc1C(=O)O. The molecular formula is C16H18N2O5. The molecule has 1 amide bonds. The number of carboxylic acids is 1. The van der Waals surface area contributed by atoms with E-state index in [9.17, 15) is 9.59 Å². The van der Waals surface area contributed by atoms with Crippen LogP contribution in [0.4, 0.5) is 0 Å². The number of carboxylic acid groups (broad SMARTS) is 1. The second kappa shape index (κ2) is 6.95. The Balaban J connectivity index is 1.96. The maximum atomic E-state index is 12.0. The number of aromatic carboxylic acids is 1. The highest BCUT2D eigenvalue weighted by Gasteiger charge is 2.14. The Morgan fingerprint density at radius 3 is 2.65 bits per heavy atom. The Labute approximate surface area is 133 Å². The number of carbonyl (C=O) groups excluding carboxylic acids is 1. The maximum absolute atomic E-state index is 12.0. The fourth-order valence-electron chi connectivity index (χ4n) is 1.94. The molecule has 0 radical (unpaired) electrons. The maximum Gasteiger partial charge on any atom is 0.339 e. The number of hydrogen-bond acceptors (Lipinski definition) is 5. The predicted molar refractivity (Wildman–Crippen MR) is 81.6 cm³/mol. The first-order valence-electron chi connectivity index (χ1n) is 7.10. The van der Waals surface area contributed by atoms with Crippen molar-refractivity contribution in [3.63, 3.8) is 0 Å². The molecule has 0 bridgehead atoms. The summed E-state index contributed by atoms with van der Waals surface area (Å²) in [4.78, 5) is 27.0. The zero-order valence-electron chi connectivity index (χ0n) is 13.1. The molecule has 0 atom stereocenters. The van der Waals surface area contributed by atoms with Gasteiger partial charge >= 0.3 is 5.97 Å². The third kappa shape index (κ3) is 4.32. The van der Waals surface area contributed by atoms with Crippen LogP contribution in [0.3, 0.4) is 0 Å². The molecule has 23 heavy (non-hydrogen) atoms. The van der Waals surface area contributed by atoms with Gasteiger partial charge in [-0.05, 0) is 32.9 Å². The van der Waals surface area contributed by atoms with E-state index >= 15 is 0 Å². The molecule has 0 spiro atoms. The number of hydrogen-bond donors (Lipinski definition) is 2. The van der Waals surface area contributed by atoms with Gasteiger partial charge in [0.15, 0.2) is 0 Å². The van der Waals surface area contributed by atoms with Crippen molar-refractivity contribution in [2.24, 2.45) is 0 Å². The number of nitrogens with zero attached hydrogens (tertiary/aromatic N) is 1. The lowest BCUT2D eigenvalue weighted by molar-refractivity contribution is 0.0694. The van der Waals surface area contributed by atoms with Gasteiger partial charge < -0.3 is 19.6 Å². The predicted octanol–water partition coefficient (Wildman–Crippen LogP) is 2.40. The molecule has 7 heteroatoms. The van der Waals surface area contributed by atoms with Gasteiger partial charge in [-0.1, -0.05) is 0 Å². The molecule has 0 unspecified atom stereocenters. The number of furan rings is 1. The molecular weight excluding hydrogens is 300 g/mol. The second-order valence-electron chi connectivity index (χ2n) is 5.22. The third-order valence-corrected chi connectivity index (χ3v) is 2.98. The zero-order chi connectivity index (χ0) is 17.0. The molecule has 2 rings (SSSR count). The van der Waals surface area contributed by atoms with Crippen molar-refractivity contribution in [2.45, 2.75) is 33.4 Å². The lowest BCUT2D eigenvalue weighted by atomic mass is 10.2. The van der Waals surface area contributed by atoms with E-state index in [1.165, 1.54) is 12.3 Å². The summed E-state index contributed by atoms with van der Waals surface area (Å²) >= 11 is 0. The van der Waals surface area contributed by atoms with Gasteiger partial charge in [0.2, 0.25) is 5.88 Å². The molecule has 2 aromatic rings. The minimum atomic E-state index is -1.06. The quantitative estimate of drug-likeness (QED) is 0.848. The van der Waals surface area contributed by atoms with Crippen molar-refractivity contribution in [3.05, 3.63) is 47.0 Å². The van der Waals surface area contributed by atoms with Gasteiger partial charge in [-0.3, -0.25) is 4.79 Å². The molecule has 0 aliphatic heterocycles. The minimum Gasteiger partial charge on any atom is -0.478 e. The fourth-order valence-corrected chi connectivity index (χ4v) is 1.94. The Morgan fingerprint density at radius 1 is 1.39 bits per heavy atom. The Morgan fingerprint density at radius 2 is 2.13 bits per heavy atom. The van der Waals surface area contributed by atoms with Crippen molar-refractivity contribution in [1.82, 2.24) is 10.3 Å². The molecule has 2 aromatic heterocycles. The van der Waals surface area contributed by atoms with Crippen LogP contribution in [0.1, 0.15) is 46.1 Å². The van der Waals surface area contributed by atoms with Crippen LogP contribution < -0.4 is 10.1 Å². The molecule has 0 saturated carbocycles. The molecule has 0 fully saturated rings. The van der Waals surface area contributed by atoms with Gasteiger partial charge in [0, 0.05) is 12.3 Å². The average molecular weight is 318 g/mol. The number of carbonyl (C=O) groups is 2. The smallest absolute Gasteiger partial charge is 0.339 e. The van der Waals surface area contributed by atoms with E-state index in [4.69, 9.17) is 14.3 Å². The van der Waals surface area contributed by atoms with Gasteiger partial charge in [0.25, 0.3) is 5.91 Å². The van der Waals surface area contributed by atoms with E-state index in [0.29, 0.717) is 23.0 Å². The summed E-state index contributed by atoms with van der Waals surface area (Å²) in [5, 5.41) is 11.6. The lowest BCUT2D eigenvalue weighted by Gasteiger charge is -2.08. The van der Waals surface area contributed by atoms with E-state index in [1.807, 2.05) is 13.8 Å². The van der Waals surface area contributed by atoms with Gasteiger partial charge in [-0.15, -0.1) is 0 Å². The van der Waals surface area contributed by atoms with E-state index in [0.717, 1.165) is 0 Å². The van der Waals surface area contributed by atoms with E-state index < -0.39 is 5.97 Å². The number of aromatic nitrogens is 1. The van der Waals surface area contributed by atoms with Crippen LogP contribution in [-0.4, -0.2) is 28.1 Å². The average Bonchev–Trinajstić information content (AvgIpc) is 2.86. The Kier molecular flexibility index (Phi) is 5.00. The molecule has 0 saturated heterocycles. The van der Waals surface area contributed by atoms with Crippen molar-refractivity contribution in [1.29, 1.82) is 0 Å². The summed E-state index contributed by atoms with van der Waals surface area (Å²) < 4.78 is 10.7. The summed E-state index contributed by atoms with van der Waals surface area (Å²) in [6, 6.07) is 4.63. The van der Waals surface area contributed by atoms with Crippen LogP contribution in [0.2, 0.25) is 0 Å². The van der Waals surface area contributed by atoms with Crippen molar-refractivity contribution in [3.8, 4) is 5.88 Å². The van der Waals surface area contributed by atoms with E-state index in [1.54, 1.807) is 19.1 Å². The summed E-state index contributed by atoms with van der Waals surface area (Å²) in [5.41, 5.74) is 0.467. The standard InChI is InChI=1S/C16H18N2O5/c1-9(2)22-14-5-4-11(7-17-14)15(19)18-8-12-6-13(16(20)21)10(3)23-12/h4-7,9H,8H2,1-3H3,(H,18,19)(H,20,21). The molecule has 122 valence electrons. The monoisotopic (exact) mass is 318 g/mol. The van der Waals surface area contributed by atoms with Gasteiger partial charge in [-0.25, -0.2) is 9.78 Å². The first-order chi connectivity index (χ1) is 10.9. The highest BCUT2D eigenvalue weighted by molar-refractivity contribution is 5.94. The largest absolute Gasteiger partial charge is 0.478 e. The van der Waals surface area contributed by atoms with E-state index in [2.05, 4.69) is 10.3 Å². The molecule has 7 nitrogen and oxygen atoms in total. The normalized spacial score (nSPS) is 10.6. The number of rotatable bonds is 6. The van der Waals surface area contributed by atoms with Crippen LogP contribution >= 0.6 is 0 Å². The first kappa shape index (κ1) is 16.5. The molecule has 2 heterocycles. The molecule has 0 aliphatic carbocycles. The summed E-state index contributed by atoms with van der Waals surface area (Å²) in [6.07, 6.45) is 1.43. The highest BCUT2D eigenvalue weighted by atomic mass is 16.5. The zero-order valence-corrected chi connectivity index (χ0v) is 13.1. The van der Waals surface area contributed by atoms with Crippen LogP contribution in [0.5, 0.6) is 5.88 Å². The van der Waals surface area contributed by atoms with Crippen molar-refractivity contribution < 1.29 is 23.8 Å². The molecule has 0 aliphatic rings. The number of pyridine rings is 1. The van der Waals surface area contributed by atoms with Gasteiger partial charge in [0.05, 0.1) is 18.2 Å². The van der Waals surface area contributed by atoms with Crippen molar-refractivity contribution in [2.75, 3.05) is 0 Å². The van der Waals surface area contributed by atoms with Crippen molar-refractivity contribution >= 4 is 11.9 Å². The summed E-state index contributed by atoms with van der Waals surface area (Å²) in [7, 11) is 0. The van der Waals surface area contributed by atoms with Crippen LogP contribution in [0.25, 0.3) is 0 Å².